The lowest BCUT2D eigenvalue weighted by molar-refractivity contribution is 0.0409. The first kappa shape index (κ1) is 22.3. The minimum Gasteiger partial charge on any atom is -0.334 e. The van der Waals surface area contributed by atoms with Crippen molar-refractivity contribution in [1.29, 1.82) is 0 Å². The van der Waals surface area contributed by atoms with Gasteiger partial charge in [0, 0.05) is 43.2 Å². The lowest BCUT2D eigenvalue weighted by Gasteiger charge is -2.40. The first-order chi connectivity index (χ1) is 16.4. The van der Waals surface area contributed by atoms with Crippen molar-refractivity contribution in [3.63, 3.8) is 0 Å². The number of halogens is 1. The average Bonchev–Trinajstić information content (AvgIpc) is 3.41. The Labute approximate surface area is 202 Å². The van der Waals surface area contributed by atoms with Gasteiger partial charge in [0.25, 0.3) is 11.8 Å². The Hall–Kier alpha value is -3.45. The third kappa shape index (κ3) is 4.23. The van der Waals surface area contributed by atoms with Crippen LogP contribution in [0.1, 0.15) is 38.9 Å². The van der Waals surface area contributed by atoms with Crippen LogP contribution in [-0.2, 0) is 6.54 Å². The molecule has 1 atom stereocenters. The molecule has 2 aromatic heterocycles. The highest BCUT2D eigenvalue weighted by molar-refractivity contribution is 7.16. The predicted octanol–water partition coefficient (Wildman–Crippen LogP) is 5.19. The summed E-state index contributed by atoms with van der Waals surface area (Å²) in [5, 5.41) is 3.12. The van der Waals surface area contributed by atoms with Gasteiger partial charge in [-0.05, 0) is 61.2 Å². The Bertz CT molecular complexity index is 1360. The maximum absolute atomic E-state index is 13.6. The molecule has 174 valence electrons. The third-order valence-electron chi connectivity index (χ3n) is 6.41. The average molecular weight is 476 g/mol. The number of piperazine rings is 1. The van der Waals surface area contributed by atoms with Gasteiger partial charge in [0.15, 0.2) is 0 Å². The minimum atomic E-state index is -0.367. The normalized spacial score (nSPS) is 16.3. The zero-order chi connectivity index (χ0) is 23.8. The second kappa shape index (κ2) is 9.06. The van der Waals surface area contributed by atoms with E-state index >= 15 is 0 Å². The molecule has 0 spiro atoms. The van der Waals surface area contributed by atoms with Crippen LogP contribution >= 0.6 is 11.3 Å². The molecule has 2 amide bonds. The summed E-state index contributed by atoms with van der Waals surface area (Å²) in [5.41, 5.74) is 3.48. The lowest BCUT2D eigenvalue weighted by Crippen LogP contribution is -2.55. The van der Waals surface area contributed by atoms with E-state index in [4.69, 9.17) is 0 Å². The molecule has 1 unspecified atom stereocenters. The van der Waals surface area contributed by atoms with Crippen LogP contribution in [0.3, 0.4) is 0 Å². The Morgan fingerprint density at radius 1 is 1.03 bits per heavy atom. The number of benzene rings is 2. The SMILES string of the molecule is Cc1cccc(Cn2c(C(=O)N3CCN(C(=O)c4ccc(F)cc4)C(C)C3)cc3ccsc32)c1. The molecule has 0 aliphatic carbocycles. The summed E-state index contributed by atoms with van der Waals surface area (Å²) < 4.78 is 15.4. The number of hydrogen-bond acceptors (Lipinski definition) is 3. The fraction of sp³-hybridized carbons (Fsp3) is 0.259. The summed E-state index contributed by atoms with van der Waals surface area (Å²) in [5.74, 6) is -0.520. The number of carbonyl (C=O) groups excluding carboxylic acids is 2. The number of nitrogens with zero attached hydrogens (tertiary/aromatic N) is 3. The van der Waals surface area contributed by atoms with Crippen molar-refractivity contribution in [1.82, 2.24) is 14.4 Å². The van der Waals surface area contributed by atoms with Crippen molar-refractivity contribution in [2.75, 3.05) is 19.6 Å². The molecule has 3 heterocycles. The molecule has 1 saturated heterocycles. The van der Waals surface area contributed by atoms with Gasteiger partial charge in [-0.3, -0.25) is 9.59 Å². The van der Waals surface area contributed by atoms with E-state index in [1.165, 1.54) is 29.8 Å². The van der Waals surface area contributed by atoms with E-state index in [0.717, 1.165) is 15.8 Å². The van der Waals surface area contributed by atoms with E-state index in [2.05, 4.69) is 29.7 Å². The quantitative estimate of drug-likeness (QED) is 0.408. The second-order valence-corrected chi connectivity index (χ2v) is 9.79. The molecule has 5 rings (SSSR count). The van der Waals surface area contributed by atoms with E-state index in [1.54, 1.807) is 16.2 Å². The molecule has 0 bridgehead atoms. The zero-order valence-corrected chi connectivity index (χ0v) is 20.0. The van der Waals surface area contributed by atoms with Crippen LogP contribution in [0.5, 0.6) is 0 Å². The highest BCUT2D eigenvalue weighted by atomic mass is 32.1. The number of aryl methyl sites for hydroxylation is 1. The molecule has 1 aliphatic heterocycles. The minimum absolute atomic E-state index is 0.0169. The van der Waals surface area contributed by atoms with Gasteiger partial charge in [0.05, 0.1) is 0 Å². The number of rotatable bonds is 4. The standard InChI is InChI=1S/C27H26FN3O2S/c1-18-4-3-5-20(14-18)17-31-24(15-22-10-13-34-27(22)31)26(33)29-11-12-30(19(2)16-29)25(32)21-6-8-23(28)9-7-21/h3-10,13-15,19H,11-12,16-17H2,1-2H3. The molecule has 0 saturated carbocycles. The maximum Gasteiger partial charge on any atom is 0.270 e. The van der Waals surface area contributed by atoms with Gasteiger partial charge >= 0.3 is 0 Å². The number of carbonyl (C=O) groups is 2. The largest absolute Gasteiger partial charge is 0.334 e. The van der Waals surface area contributed by atoms with Crippen molar-refractivity contribution in [2.45, 2.75) is 26.4 Å². The van der Waals surface area contributed by atoms with E-state index in [9.17, 15) is 14.0 Å². The monoisotopic (exact) mass is 475 g/mol. The van der Waals surface area contributed by atoms with Gasteiger partial charge in [-0.15, -0.1) is 11.3 Å². The molecule has 1 fully saturated rings. The molecule has 1 aliphatic rings. The summed E-state index contributed by atoms with van der Waals surface area (Å²) in [6, 6.07) is 17.8. The van der Waals surface area contributed by atoms with Crippen LogP contribution in [0, 0.1) is 12.7 Å². The van der Waals surface area contributed by atoms with Crippen LogP contribution in [-0.4, -0.2) is 51.9 Å². The van der Waals surface area contributed by atoms with Crippen LogP contribution in [0.15, 0.2) is 66.0 Å². The fourth-order valence-corrected chi connectivity index (χ4v) is 5.56. The Balaban J connectivity index is 1.36. The first-order valence-corrected chi connectivity index (χ1v) is 12.3. The van der Waals surface area contributed by atoms with E-state index in [-0.39, 0.29) is 23.7 Å². The molecule has 2 aromatic carbocycles. The van der Waals surface area contributed by atoms with E-state index < -0.39 is 0 Å². The van der Waals surface area contributed by atoms with E-state index in [1.807, 2.05) is 35.4 Å². The molecule has 4 aromatic rings. The fourth-order valence-electron chi connectivity index (χ4n) is 4.67. The molecule has 34 heavy (non-hydrogen) atoms. The zero-order valence-electron chi connectivity index (χ0n) is 19.2. The van der Waals surface area contributed by atoms with Gasteiger partial charge < -0.3 is 14.4 Å². The molecule has 7 heteroatoms. The molecule has 0 radical (unpaired) electrons. The van der Waals surface area contributed by atoms with Crippen LogP contribution in [0.4, 0.5) is 4.39 Å². The highest BCUT2D eigenvalue weighted by Crippen LogP contribution is 2.28. The van der Waals surface area contributed by atoms with Gasteiger partial charge in [0.2, 0.25) is 0 Å². The van der Waals surface area contributed by atoms with Crippen molar-refractivity contribution < 1.29 is 14.0 Å². The van der Waals surface area contributed by atoms with Crippen molar-refractivity contribution >= 4 is 33.4 Å². The first-order valence-electron chi connectivity index (χ1n) is 11.4. The second-order valence-electron chi connectivity index (χ2n) is 8.89. The Kier molecular flexibility index (Phi) is 5.96. The lowest BCUT2D eigenvalue weighted by atomic mass is 10.1. The summed E-state index contributed by atoms with van der Waals surface area (Å²) >= 11 is 1.64. The van der Waals surface area contributed by atoms with Gasteiger partial charge in [-0.1, -0.05) is 29.8 Å². The van der Waals surface area contributed by atoms with Gasteiger partial charge in [0.1, 0.15) is 16.3 Å². The Morgan fingerprint density at radius 2 is 1.82 bits per heavy atom. The maximum atomic E-state index is 13.6. The molecular weight excluding hydrogens is 449 g/mol. The molecule has 5 nitrogen and oxygen atoms in total. The van der Waals surface area contributed by atoms with Gasteiger partial charge in [-0.2, -0.15) is 0 Å². The number of hydrogen-bond donors (Lipinski definition) is 0. The number of amides is 2. The van der Waals surface area contributed by atoms with Crippen molar-refractivity contribution in [2.24, 2.45) is 0 Å². The van der Waals surface area contributed by atoms with Crippen LogP contribution in [0.25, 0.3) is 10.2 Å². The highest BCUT2D eigenvalue weighted by Gasteiger charge is 2.32. The number of aromatic nitrogens is 1. The topological polar surface area (TPSA) is 45.6 Å². The van der Waals surface area contributed by atoms with Gasteiger partial charge in [-0.25, -0.2) is 4.39 Å². The molecular formula is C27H26FN3O2S. The van der Waals surface area contributed by atoms with Crippen molar-refractivity contribution in [3.8, 4) is 0 Å². The third-order valence-corrected chi connectivity index (χ3v) is 7.36. The van der Waals surface area contributed by atoms with E-state index in [0.29, 0.717) is 37.4 Å². The Morgan fingerprint density at radius 3 is 2.56 bits per heavy atom. The molecule has 0 N–H and O–H groups in total. The van der Waals surface area contributed by atoms with Crippen molar-refractivity contribution in [3.05, 3.63) is 94.2 Å². The smallest absolute Gasteiger partial charge is 0.270 e. The summed E-state index contributed by atoms with van der Waals surface area (Å²) in [6.07, 6.45) is 0. The van der Waals surface area contributed by atoms with Crippen LogP contribution in [0.2, 0.25) is 0 Å². The van der Waals surface area contributed by atoms with Crippen LogP contribution < -0.4 is 0 Å². The summed E-state index contributed by atoms with van der Waals surface area (Å²) in [4.78, 5) is 31.3. The summed E-state index contributed by atoms with van der Waals surface area (Å²) in [6.45, 7) is 6.00. The predicted molar refractivity (Wildman–Crippen MR) is 133 cm³/mol. The number of thiophene rings is 1. The summed E-state index contributed by atoms with van der Waals surface area (Å²) in [7, 11) is 0. The number of fused-ring (bicyclic) bond motifs is 1.